The maximum Gasteiger partial charge on any atom is 0.340 e. The van der Waals surface area contributed by atoms with Gasteiger partial charge in [0.05, 0.1) is 35.6 Å². The number of anilines is 1. The molecule has 8 rings (SSSR count). The molecule has 13 nitrogen and oxygen atoms in total. The lowest BCUT2D eigenvalue weighted by Crippen LogP contribution is -2.77. The van der Waals surface area contributed by atoms with Crippen molar-refractivity contribution in [3.8, 4) is 0 Å². The first-order chi connectivity index (χ1) is 23.3. The predicted octanol–water partition coefficient (Wildman–Crippen LogP) is 1.70. The molecule has 1 aromatic rings. The lowest BCUT2D eigenvalue weighted by Gasteiger charge is -2.65. The summed E-state index contributed by atoms with van der Waals surface area (Å²) in [6, 6.07) is 5.60. The van der Waals surface area contributed by atoms with E-state index in [9.17, 15) is 29.4 Å². The Balaban J connectivity index is 1.21. The van der Waals surface area contributed by atoms with Crippen molar-refractivity contribution in [2.24, 2.45) is 45.4 Å². The highest BCUT2D eigenvalue weighted by Crippen LogP contribution is 2.79. The lowest BCUT2D eigenvalue weighted by molar-refractivity contribution is -0.292. The van der Waals surface area contributed by atoms with Gasteiger partial charge in [-0.3, -0.25) is 19.4 Å². The predicted molar refractivity (Wildman–Crippen MR) is 170 cm³/mol. The second-order valence-corrected chi connectivity index (χ2v) is 15.4. The minimum absolute atomic E-state index is 0.0630. The zero-order chi connectivity index (χ0) is 34.8. The third kappa shape index (κ3) is 3.85. The lowest BCUT2D eigenvalue weighted by atomic mass is 9.44. The van der Waals surface area contributed by atoms with Crippen LogP contribution in [0.3, 0.4) is 0 Å². The largest absolute Gasteiger partial charge is 0.462 e. The van der Waals surface area contributed by atoms with Gasteiger partial charge in [0.25, 0.3) is 0 Å². The van der Waals surface area contributed by atoms with E-state index in [1.54, 1.807) is 45.6 Å². The first-order valence-electron chi connectivity index (χ1n) is 17.2. The van der Waals surface area contributed by atoms with Crippen molar-refractivity contribution in [2.75, 3.05) is 32.8 Å². The first-order valence-corrected chi connectivity index (χ1v) is 17.2. The normalized spacial score (nSPS) is 47.0. The van der Waals surface area contributed by atoms with Crippen molar-refractivity contribution < 1.29 is 53.1 Å². The fraction of sp³-hybridized carbons (Fsp3) is 0.694. The van der Waals surface area contributed by atoms with Crippen LogP contribution in [0.2, 0.25) is 0 Å². The minimum Gasteiger partial charge on any atom is -0.462 e. The Kier molecular flexibility index (Phi) is 7.32. The Morgan fingerprint density at radius 2 is 1.84 bits per heavy atom. The number of ether oxygens (including phenoxy) is 5. The summed E-state index contributed by atoms with van der Waals surface area (Å²) in [5, 5.41) is 26.1. The van der Waals surface area contributed by atoms with Crippen molar-refractivity contribution in [1.82, 2.24) is 0 Å². The highest BCUT2D eigenvalue weighted by atomic mass is 16.6. The van der Waals surface area contributed by atoms with Crippen LogP contribution in [0.25, 0.3) is 0 Å². The standard InChI is InChI=1S/C36H44N2O11/c1-17-12-25(40)38(30(17)41)22-9-7-6-8-19(22)31(42)48-16-33-11-10-24(46-4)35-21-13-20-23(45-3)14-34(43,26(21)27(20)49-18(2)39)36(44,32(35)37-15-33)29(47-5)28(33)35/h6-9,15,17,20-21,23-24,26-29,32,43-44H,10-14,16H2,1-5H3/t17-,20+,21+,23-,24-,26+,27-,28+,29-,32?,33-,34+,35-,36+/m0/s1. The Morgan fingerprint density at radius 1 is 1.08 bits per heavy atom. The molecule has 2 heterocycles. The number of nitrogens with zero attached hydrogens (tertiary/aromatic N) is 2. The van der Waals surface area contributed by atoms with Gasteiger partial charge in [-0.25, -0.2) is 9.69 Å². The third-order valence-electron chi connectivity index (χ3n) is 13.7. The van der Waals surface area contributed by atoms with Crippen molar-refractivity contribution in [1.29, 1.82) is 0 Å². The van der Waals surface area contributed by atoms with Crippen LogP contribution in [0, 0.1) is 40.4 Å². The number of methoxy groups -OCH3 is 3. The molecule has 1 spiro atoms. The number of carbonyl (C=O) groups excluding carboxylic acids is 4. The maximum atomic E-state index is 13.9. The van der Waals surface area contributed by atoms with E-state index in [4.69, 9.17) is 28.7 Å². The van der Waals surface area contributed by atoms with Crippen LogP contribution in [0.15, 0.2) is 29.3 Å². The summed E-state index contributed by atoms with van der Waals surface area (Å²) in [6.45, 7) is 2.91. The van der Waals surface area contributed by atoms with Gasteiger partial charge >= 0.3 is 11.9 Å². The monoisotopic (exact) mass is 680 g/mol. The van der Waals surface area contributed by atoms with E-state index in [1.807, 2.05) is 0 Å². The van der Waals surface area contributed by atoms with Crippen LogP contribution in [0.1, 0.15) is 56.3 Å². The highest BCUT2D eigenvalue weighted by molar-refractivity contribution is 6.22. The van der Waals surface area contributed by atoms with Gasteiger partial charge in [-0.05, 0) is 37.3 Å². The molecule has 49 heavy (non-hydrogen) atoms. The number of imide groups is 1. The average molecular weight is 681 g/mol. The van der Waals surface area contributed by atoms with Gasteiger partial charge in [0, 0.05) is 81.8 Å². The smallest absolute Gasteiger partial charge is 0.340 e. The molecule has 1 aromatic carbocycles. The summed E-state index contributed by atoms with van der Waals surface area (Å²) in [5.74, 6) is -4.06. The van der Waals surface area contributed by atoms with Crippen LogP contribution >= 0.6 is 0 Å². The number of aliphatic hydroxyl groups is 2. The molecule has 1 unspecified atom stereocenters. The zero-order valence-electron chi connectivity index (χ0n) is 28.4. The van der Waals surface area contributed by atoms with E-state index < -0.39 is 82.2 Å². The molecule has 14 atom stereocenters. The van der Waals surface area contributed by atoms with Gasteiger partial charge in [0.1, 0.15) is 23.9 Å². The fourth-order valence-electron chi connectivity index (χ4n) is 12.2. The number of rotatable bonds is 8. The van der Waals surface area contributed by atoms with E-state index >= 15 is 0 Å². The topological polar surface area (TPSA) is 170 Å². The molecule has 6 fully saturated rings. The second kappa shape index (κ2) is 10.9. The van der Waals surface area contributed by atoms with Crippen molar-refractivity contribution in [2.45, 2.75) is 87.6 Å². The number of esters is 2. The van der Waals surface area contributed by atoms with Crippen LogP contribution in [-0.2, 0) is 38.1 Å². The number of aliphatic imine (C=N–C) groups is 1. The summed E-state index contributed by atoms with van der Waals surface area (Å²) >= 11 is 0. The van der Waals surface area contributed by atoms with Gasteiger partial charge in [-0.15, -0.1) is 0 Å². The molecule has 13 heteroatoms. The molecule has 264 valence electrons. The summed E-state index contributed by atoms with van der Waals surface area (Å²) in [7, 11) is 4.72. The van der Waals surface area contributed by atoms with E-state index in [0.29, 0.717) is 19.3 Å². The molecule has 1 saturated heterocycles. The number of benzene rings is 1. The minimum atomic E-state index is -1.92. The third-order valence-corrected chi connectivity index (χ3v) is 13.7. The number of hydrogen-bond acceptors (Lipinski definition) is 12. The molecule has 2 aliphatic heterocycles. The molecular weight excluding hydrogens is 636 g/mol. The van der Waals surface area contributed by atoms with Gasteiger partial charge in [-0.2, -0.15) is 0 Å². The number of para-hydroxylation sites is 1. The molecular formula is C36H44N2O11. The number of hydrogen-bond donors (Lipinski definition) is 2. The van der Waals surface area contributed by atoms with Gasteiger partial charge in [-0.1, -0.05) is 19.1 Å². The van der Waals surface area contributed by atoms with Crippen LogP contribution in [0.4, 0.5) is 5.69 Å². The van der Waals surface area contributed by atoms with Crippen molar-refractivity contribution >= 4 is 35.7 Å². The Morgan fingerprint density at radius 3 is 2.49 bits per heavy atom. The number of fused-ring (bicyclic) bond motifs is 2. The van der Waals surface area contributed by atoms with E-state index in [0.717, 1.165) is 4.90 Å². The van der Waals surface area contributed by atoms with Crippen LogP contribution in [-0.4, -0.2) is 110 Å². The van der Waals surface area contributed by atoms with Crippen LogP contribution in [0.5, 0.6) is 0 Å². The van der Waals surface area contributed by atoms with E-state index in [-0.39, 0.29) is 54.3 Å². The molecule has 0 aromatic heterocycles. The second-order valence-electron chi connectivity index (χ2n) is 15.4. The molecule has 0 radical (unpaired) electrons. The average Bonchev–Trinajstić information content (AvgIpc) is 3.57. The summed E-state index contributed by atoms with van der Waals surface area (Å²) < 4.78 is 30.5. The SMILES string of the molecule is CO[C@H]1C[C@@]2(O)[C@H]3[C@@H](OC(C)=O)[C@@H]1C[C@H]3[C@]13C4N=C[C@](COC(=O)c5ccccc5N5C(=O)C[C@H](C)C5=O)(CC[C@@H]1OC)[C@H]3[C@H](OC)[C@@]42O. The van der Waals surface area contributed by atoms with Gasteiger partial charge < -0.3 is 33.9 Å². The zero-order valence-corrected chi connectivity index (χ0v) is 28.4. The van der Waals surface area contributed by atoms with Crippen molar-refractivity contribution in [3.63, 3.8) is 0 Å². The summed E-state index contributed by atoms with van der Waals surface area (Å²) in [4.78, 5) is 58.2. The van der Waals surface area contributed by atoms with Gasteiger partial charge in [0.2, 0.25) is 11.8 Å². The highest BCUT2D eigenvalue weighted by Gasteiger charge is 2.91. The van der Waals surface area contributed by atoms with Crippen molar-refractivity contribution in [3.05, 3.63) is 29.8 Å². The van der Waals surface area contributed by atoms with E-state index in [2.05, 4.69) is 0 Å². The maximum absolute atomic E-state index is 13.9. The van der Waals surface area contributed by atoms with Crippen LogP contribution < -0.4 is 4.90 Å². The van der Waals surface area contributed by atoms with Gasteiger partial charge in [0.15, 0.2) is 0 Å². The quantitative estimate of drug-likeness (QED) is 0.303. The Bertz CT molecular complexity index is 1650. The summed E-state index contributed by atoms with van der Waals surface area (Å²) in [5.41, 5.74) is -5.21. The Hall–Kier alpha value is -3.23. The Labute approximate surface area is 284 Å². The molecule has 2 amide bonds. The number of amides is 2. The van der Waals surface area contributed by atoms with E-state index in [1.165, 1.54) is 20.1 Å². The number of carbonyl (C=O) groups is 4. The molecule has 5 saturated carbocycles. The molecule has 7 bridgehead atoms. The fourth-order valence-corrected chi connectivity index (χ4v) is 12.2. The summed E-state index contributed by atoms with van der Waals surface area (Å²) in [6.07, 6.45) is 1.04. The molecule has 5 aliphatic carbocycles. The molecule has 7 aliphatic rings. The first kappa shape index (κ1) is 32.9. The molecule has 2 N–H and O–H groups in total.